The second-order valence-electron chi connectivity index (χ2n) is 11.7. The molecule has 2 aromatic carbocycles. The van der Waals surface area contributed by atoms with Crippen molar-refractivity contribution in [1.82, 2.24) is 4.90 Å². The molecule has 0 radical (unpaired) electrons. The van der Waals surface area contributed by atoms with E-state index in [4.69, 9.17) is 9.16 Å². The molecule has 0 saturated heterocycles. The van der Waals surface area contributed by atoms with Crippen LogP contribution < -0.4 is 4.74 Å². The van der Waals surface area contributed by atoms with Crippen LogP contribution in [0.2, 0.25) is 37.8 Å². The number of benzene rings is 2. The Labute approximate surface area is 213 Å². The SMILES string of the molecule is C[C@H](O[Si](C)(C)C(C)(C)C)C1=Cc2ccccc2[C@@H](C#C[Si](C)(C)C)N1C(=O)Oc1ccccc1. The highest BCUT2D eigenvalue weighted by atomic mass is 28.4. The van der Waals surface area contributed by atoms with E-state index in [0.717, 1.165) is 16.8 Å². The molecule has 3 rings (SSSR count). The minimum Gasteiger partial charge on any atom is -0.410 e. The van der Waals surface area contributed by atoms with Crippen LogP contribution in [0.1, 0.15) is 44.9 Å². The van der Waals surface area contributed by atoms with Gasteiger partial charge in [0.1, 0.15) is 19.9 Å². The summed E-state index contributed by atoms with van der Waals surface area (Å²) in [5.41, 5.74) is 6.34. The van der Waals surface area contributed by atoms with Gasteiger partial charge in [-0.05, 0) is 54.4 Å². The molecule has 0 unspecified atom stereocenters. The van der Waals surface area contributed by atoms with Crippen LogP contribution in [0.3, 0.4) is 0 Å². The molecule has 35 heavy (non-hydrogen) atoms. The molecule has 1 aliphatic rings. The van der Waals surface area contributed by atoms with Crippen molar-refractivity contribution in [3.05, 3.63) is 71.4 Å². The molecule has 1 heterocycles. The molecule has 186 valence electrons. The average molecular weight is 506 g/mol. The van der Waals surface area contributed by atoms with E-state index >= 15 is 0 Å². The zero-order valence-corrected chi connectivity index (χ0v) is 24.6. The van der Waals surface area contributed by atoms with Crippen LogP contribution in [-0.4, -0.2) is 33.5 Å². The average Bonchev–Trinajstić information content (AvgIpc) is 2.75. The molecule has 0 aliphatic carbocycles. The van der Waals surface area contributed by atoms with Gasteiger partial charge in [-0.25, -0.2) is 4.79 Å². The van der Waals surface area contributed by atoms with E-state index in [0.29, 0.717) is 5.75 Å². The fourth-order valence-electron chi connectivity index (χ4n) is 3.68. The summed E-state index contributed by atoms with van der Waals surface area (Å²) < 4.78 is 12.6. The molecule has 4 nitrogen and oxygen atoms in total. The molecule has 0 N–H and O–H groups in total. The van der Waals surface area contributed by atoms with E-state index in [1.807, 2.05) is 43.3 Å². The largest absolute Gasteiger partial charge is 0.420 e. The summed E-state index contributed by atoms with van der Waals surface area (Å²) in [6, 6.07) is 16.9. The summed E-state index contributed by atoms with van der Waals surface area (Å²) in [5, 5.41) is 0.0425. The normalized spacial score (nSPS) is 17.0. The first-order chi connectivity index (χ1) is 16.2. The van der Waals surface area contributed by atoms with E-state index in [9.17, 15) is 4.79 Å². The summed E-state index contributed by atoms with van der Waals surface area (Å²) in [4.78, 5) is 15.5. The van der Waals surface area contributed by atoms with Crippen molar-refractivity contribution in [3.8, 4) is 17.2 Å². The number of rotatable bonds is 4. The van der Waals surface area contributed by atoms with Crippen molar-refractivity contribution < 1.29 is 14.0 Å². The molecule has 0 saturated carbocycles. The molecule has 0 spiro atoms. The Hall–Kier alpha value is -2.60. The Morgan fingerprint density at radius 2 is 1.57 bits per heavy atom. The van der Waals surface area contributed by atoms with Gasteiger partial charge < -0.3 is 9.16 Å². The first-order valence-corrected chi connectivity index (χ1v) is 18.7. The van der Waals surface area contributed by atoms with Crippen molar-refractivity contribution in [3.63, 3.8) is 0 Å². The lowest BCUT2D eigenvalue weighted by molar-refractivity contribution is 0.134. The number of carbonyl (C=O) groups excluding carboxylic acids is 1. The standard InChI is InChI=1S/C29H39NO3Si2/c1-22(33-35(8,9)29(2,3)4)27-21-23-15-13-14-18-25(23)26(19-20-34(5,6)7)30(27)28(31)32-24-16-11-10-12-17-24/h10-18,21-22,26H,1-9H3/t22-,26+/m0/s1. The van der Waals surface area contributed by atoms with Crippen molar-refractivity contribution in [1.29, 1.82) is 0 Å². The van der Waals surface area contributed by atoms with Crippen molar-refractivity contribution in [2.75, 3.05) is 0 Å². The highest BCUT2D eigenvalue weighted by molar-refractivity contribution is 6.83. The predicted octanol–water partition coefficient (Wildman–Crippen LogP) is 7.87. The number of nitrogens with zero attached hydrogens (tertiary/aromatic N) is 1. The first kappa shape index (κ1) is 27.0. The zero-order chi connectivity index (χ0) is 26.0. The Bertz CT molecular complexity index is 1150. The van der Waals surface area contributed by atoms with Gasteiger partial charge in [0.15, 0.2) is 8.32 Å². The molecule has 6 heteroatoms. The van der Waals surface area contributed by atoms with Gasteiger partial charge in [-0.3, -0.25) is 4.90 Å². The lowest BCUT2D eigenvalue weighted by Crippen LogP contribution is -2.47. The zero-order valence-electron chi connectivity index (χ0n) is 22.6. The molecular formula is C29H39NO3Si2. The number of fused-ring (bicyclic) bond motifs is 1. The van der Waals surface area contributed by atoms with Crippen LogP contribution in [0.25, 0.3) is 6.08 Å². The Morgan fingerprint density at radius 3 is 2.17 bits per heavy atom. The Balaban J connectivity index is 2.12. The monoisotopic (exact) mass is 505 g/mol. The Kier molecular flexibility index (Phi) is 7.85. The minimum absolute atomic E-state index is 0.0425. The molecule has 0 fully saturated rings. The number of hydrogen-bond donors (Lipinski definition) is 0. The van der Waals surface area contributed by atoms with E-state index in [-0.39, 0.29) is 11.1 Å². The van der Waals surface area contributed by atoms with Crippen LogP contribution >= 0.6 is 0 Å². The lowest BCUT2D eigenvalue weighted by Gasteiger charge is -2.42. The molecule has 1 amide bonds. The maximum absolute atomic E-state index is 13.8. The van der Waals surface area contributed by atoms with Crippen LogP contribution in [0, 0.1) is 11.5 Å². The number of ether oxygens (including phenoxy) is 1. The number of amides is 1. The molecule has 1 aliphatic heterocycles. The molecule has 2 atom stereocenters. The van der Waals surface area contributed by atoms with Crippen LogP contribution in [0.4, 0.5) is 4.79 Å². The number of carbonyl (C=O) groups is 1. The Morgan fingerprint density at radius 1 is 0.971 bits per heavy atom. The minimum atomic E-state index is -2.10. The summed E-state index contributed by atoms with van der Waals surface area (Å²) in [7, 11) is -3.80. The van der Waals surface area contributed by atoms with Gasteiger partial charge in [0.2, 0.25) is 0 Å². The number of para-hydroxylation sites is 1. The van der Waals surface area contributed by atoms with Crippen molar-refractivity contribution in [2.45, 2.75) is 77.6 Å². The van der Waals surface area contributed by atoms with Gasteiger partial charge >= 0.3 is 6.09 Å². The fraction of sp³-hybridized carbons (Fsp3) is 0.414. The van der Waals surface area contributed by atoms with E-state index in [2.05, 4.69) is 77.1 Å². The van der Waals surface area contributed by atoms with E-state index in [1.54, 1.807) is 17.0 Å². The van der Waals surface area contributed by atoms with Gasteiger partial charge in [-0.15, -0.1) is 5.54 Å². The second kappa shape index (κ2) is 10.2. The summed E-state index contributed by atoms with van der Waals surface area (Å²) in [6.45, 7) is 19.8. The highest BCUT2D eigenvalue weighted by Gasteiger charge is 2.42. The van der Waals surface area contributed by atoms with E-state index in [1.165, 1.54) is 0 Å². The third-order valence-electron chi connectivity index (χ3n) is 6.55. The van der Waals surface area contributed by atoms with E-state index < -0.39 is 28.5 Å². The van der Waals surface area contributed by atoms with Crippen molar-refractivity contribution in [2.24, 2.45) is 0 Å². The summed E-state index contributed by atoms with van der Waals surface area (Å²) >= 11 is 0. The lowest BCUT2D eigenvalue weighted by atomic mass is 9.93. The first-order valence-electron chi connectivity index (χ1n) is 12.3. The smallest absolute Gasteiger partial charge is 0.410 e. The fourth-order valence-corrected chi connectivity index (χ4v) is 5.61. The second-order valence-corrected chi connectivity index (χ2v) is 21.2. The van der Waals surface area contributed by atoms with Crippen LogP contribution in [0.5, 0.6) is 5.75 Å². The molecule has 2 aromatic rings. The van der Waals surface area contributed by atoms with Crippen LogP contribution in [-0.2, 0) is 4.43 Å². The topological polar surface area (TPSA) is 38.8 Å². The quantitative estimate of drug-likeness (QED) is 0.313. The maximum Gasteiger partial charge on any atom is 0.420 e. The van der Waals surface area contributed by atoms with Gasteiger partial charge in [-0.2, -0.15) is 0 Å². The molecule has 0 bridgehead atoms. The van der Waals surface area contributed by atoms with Crippen molar-refractivity contribution >= 4 is 28.6 Å². The van der Waals surface area contributed by atoms with Gasteiger partial charge in [-0.1, -0.05) is 88.8 Å². The summed E-state index contributed by atoms with van der Waals surface area (Å²) in [6.07, 6.45) is 1.31. The van der Waals surface area contributed by atoms with Gasteiger partial charge in [0, 0.05) is 0 Å². The highest BCUT2D eigenvalue weighted by Crippen LogP contribution is 2.41. The third-order valence-corrected chi connectivity index (χ3v) is 12.0. The summed E-state index contributed by atoms with van der Waals surface area (Å²) in [5.74, 6) is 3.97. The third kappa shape index (κ3) is 6.55. The van der Waals surface area contributed by atoms with Crippen LogP contribution in [0.15, 0.2) is 60.3 Å². The molecular weight excluding hydrogens is 466 g/mol. The predicted molar refractivity (Wildman–Crippen MR) is 150 cm³/mol. The van der Waals surface area contributed by atoms with Gasteiger partial charge in [0.05, 0.1) is 11.8 Å². The number of hydrogen-bond acceptors (Lipinski definition) is 3. The van der Waals surface area contributed by atoms with Gasteiger partial charge in [0.25, 0.3) is 0 Å². The molecule has 0 aromatic heterocycles. The maximum atomic E-state index is 13.8.